The first-order chi connectivity index (χ1) is 11.7. The van der Waals surface area contributed by atoms with Crippen molar-refractivity contribution in [2.75, 3.05) is 0 Å². The van der Waals surface area contributed by atoms with Gasteiger partial charge in [-0.05, 0) is 21.9 Å². The van der Waals surface area contributed by atoms with E-state index in [1.807, 2.05) is 24.3 Å². The number of benzene rings is 2. The van der Waals surface area contributed by atoms with Crippen LogP contribution in [0, 0.1) is 0 Å². The van der Waals surface area contributed by atoms with Crippen molar-refractivity contribution in [2.45, 2.75) is 25.6 Å². The van der Waals surface area contributed by atoms with E-state index in [2.05, 4.69) is 20.6 Å². The van der Waals surface area contributed by atoms with Gasteiger partial charge in [-0.15, -0.1) is 10.2 Å². The highest BCUT2D eigenvalue weighted by Gasteiger charge is 2.34. The maximum Gasteiger partial charge on any atom is 0.258 e. The largest absolute Gasteiger partial charge is 0.283 e. The number of nitrogens with one attached hydrogen (secondary N) is 1. The summed E-state index contributed by atoms with van der Waals surface area (Å²) in [6.07, 6.45) is -2.46. The molecule has 1 atom stereocenters. The fourth-order valence-electron chi connectivity index (χ4n) is 3.30. The van der Waals surface area contributed by atoms with Crippen molar-refractivity contribution in [3.63, 3.8) is 0 Å². The Morgan fingerprint density at radius 1 is 1.00 bits per heavy atom. The molecule has 5 nitrogen and oxygen atoms in total. The van der Waals surface area contributed by atoms with Gasteiger partial charge in [-0.25, -0.2) is 8.78 Å². The molecule has 1 unspecified atom stereocenters. The van der Waals surface area contributed by atoms with Crippen LogP contribution in [0.25, 0.3) is 11.4 Å². The van der Waals surface area contributed by atoms with Gasteiger partial charge in [0.15, 0.2) is 0 Å². The molecule has 2 aromatic carbocycles. The summed E-state index contributed by atoms with van der Waals surface area (Å²) >= 11 is 0. The molecule has 1 aliphatic rings. The number of alkyl halides is 2. The standard InChI is InChI=1S/C17H15F2N5/c18-16(19)15(11-5-2-1-3-6-11)24-9-12-7-4-8-13(14(12)10-24)17-20-22-23-21-17/h1-8,15-16H,9-10H2,(H,20,21,22,23). The summed E-state index contributed by atoms with van der Waals surface area (Å²) in [6, 6.07) is 13.7. The summed E-state index contributed by atoms with van der Waals surface area (Å²) in [5, 5.41) is 14.0. The van der Waals surface area contributed by atoms with Gasteiger partial charge in [-0.3, -0.25) is 4.90 Å². The second-order valence-corrected chi connectivity index (χ2v) is 5.77. The number of nitrogens with zero attached hydrogens (tertiary/aromatic N) is 4. The summed E-state index contributed by atoms with van der Waals surface area (Å²) in [6.45, 7) is 0.912. The van der Waals surface area contributed by atoms with Gasteiger partial charge in [0, 0.05) is 18.7 Å². The van der Waals surface area contributed by atoms with E-state index in [1.165, 1.54) is 0 Å². The molecule has 7 heteroatoms. The Hall–Kier alpha value is -2.67. The molecule has 0 amide bonds. The quantitative estimate of drug-likeness (QED) is 0.799. The normalized spacial score (nSPS) is 15.6. The Morgan fingerprint density at radius 2 is 1.83 bits per heavy atom. The highest BCUT2D eigenvalue weighted by Crippen LogP contribution is 2.38. The Balaban J connectivity index is 1.69. The Labute approximate surface area is 137 Å². The maximum absolute atomic E-state index is 13.8. The molecule has 1 aliphatic heterocycles. The molecule has 0 saturated carbocycles. The molecule has 0 spiro atoms. The lowest BCUT2D eigenvalue weighted by atomic mass is 10.0. The molecule has 122 valence electrons. The van der Waals surface area contributed by atoms with E-state index in [1.54, 1.807) is 29.2 Å². The lowest BCUT2D eigenvalue weighted by Crippen LogP contribution is -2.28. The van der Waals surface area contributed by atoms with Crippen LogP contribution in [0.5, 0.6) is 0 Å². The number of tetrazole rings is 1. The van der Waals surface area contributed by atoms with Crippen molar-refractivity contribution < 1.29 is 8.78 Å². The Bertz CT molecular complexity index is 820. The van der Waals surface area contributed by atoms with Gasteiger partial charge in [0.2, 0.25) is 5.82 Å². The number of halogens is 2. The molecule has 24 heavy (non-hydrogen) atoms. The zero-order valence-electron chi connectivity index (χ0n) is 12.7. The average Bonchev–Trinajstić information content (AvgIpc) is 3.24. The SMILES string of the molecule is FC(F)C(c1ccccc1)N1Cc2cccc(-c3nn[nH]n3)c2C1. The molecular formula is C17H15F2N5. The van der Waals surface area contributed by atoms with Gasteiger partial charge in [-0.2, -0.15) is 5.21 Å². The van der Waals surface area contributed by atoms with E-state index < -0.39 is 12.5 Å². The second kappa shape index (κ2) is 6.09. The zero-order valence-corrected chi connectivity index (χ0v) is 12.7. The minimum atomic E-state index is -2.46. The van der Waals surface area contributed by atoms with Gasteiger partial charge in [-0.1, -0.05) is 48.5 Å². The Kier molecular flexibility index (Phi) is 3.78. The fourth-order valence-corrected chi connectivity index (χ4v) is 3.30. The molecule has 2 heterocycles. The van der Waals surface area contributed by atoms with Gasteiger partial charge >= 0.3 is 0 Å². The molecule has 0 radical (unpaired) electrons. The number of aromatic nitrogens is 4. The predicted molar refractivity (Wildman–Crippen MR) is 84.0 cm³/mol. The fraction of sp³-hybridized carbons (Fsp3) is 0.235. The van der Waals surface area contributed by atoms with Crippen molar-refractivity contribution in [1.82, 2.24) is 25.5 Å². The summed E-state index contributed by atoms with van der Waals surface area (Å²) in [4.78, 5) is 1.80. The minimum Gasteiger partial charge on any atom is -0.283 e. The van der Waals surface area contributed by atoms with Gasteiger partial charge in [0.1, 0.15) is 0 Å². The van der Waals surface area contributed by atoms with E-state index in [9.17, 15) is 8.78 Å². The van der Waals surface area contributed by atoms with Crippen LogP contribution in [0.2, 0.25) is 0 Å². The molecule has 1 N–H and O–H groups in total. The van der Waals surface area contributed by atoms with E-state index in [0.717, 1.165) is 16.7 Å². The molecule has 1 aromatic heterocycles. The lowest BCUT2D eigenvalue weighted by Gasteiger charge is -2.27. The van der Waals surface area contributed by atoms with Crippen LogP contribution in [-0.2, 0) is 13.1 Å². The predicted octanol–water partition coefficient (Wildman–Crippen LogP) is 3.19. The topological polar surface area (TPSA) is 57.7 Å². The first kappa shape index (κ1) is 14.9. The molecular weight excluding hydrogens is 312 g/mol. The Morgan fingerprint density at radius 3 is 2.54 bits per heavy atom. The average molecular weight is 327 g/mol. The molecule has 4 rings (SSSR count). The third-order valence-corrected chi connectivity index (χ3v) is 4.37. The summed E-state index contributed by atoms with van der Waals surface area (Å²) in [7, 11) is 0. The van der Waals surface area contributed by atoms with Crippen LogP contribution in [-0.4, -0.2) is 31.9 Å². The first-order valence-corrected chi connectivity index (χ1v) is 7.66. The van der Waals surface area contributed by atoms with Crippen LogP contribution < -0.4 is 0 Å². The van der Waals surface area contributed by atoms with E-state index in [-0.39, 0.29) is 0 Å². The molecule has 0 saturated heterocycles. The number of hydrogen-bond donors (Lipinski definition) is 1. The van der Waals surface area contributed by atoms with Crippen molar-refractivity contribution in [3.05, 3.63) is 65.2 Å². The summed E-state index contributed by atoms with van der Waals surface area (Å²) < 4.78 is 27.5. The zero-order chi connectivity index (χ0) is 16.5. The number of H-pyrrole nitrogens is 1. The second-order valence-electron chi connectivity index (χ2n) is 5.77. The number of fused-ring (bicyclic) bond motifs is 1. The molecule has 0 aliphatic carbocycles. The van der Waals surface area contributed by atoms with Crippen molar-refractivity contribution >= 4 is 0 Å². The van der Waals surface area contributed by atoms with Crippen LogP contribution in [0.1, 0.15) is 22.7 Å². The smallest absolute Gasteiger partial charge is 0.258 e. The monoisotopic (exact) mass is 327 g/mol. The summed E-state index contributed by atoms with van der Waals surface area (Å²) in [5.41, 5.74) is 3.48. The van der Waals surface area contributed by atoms with Gasteiger partial charge < -0.3 is 0 Å². The van der Waals surface area contributed by atoms with E-state index >= 15 is 0 Å². The van der Waals surface area contributed by atoms with Crippen LogP contribution >= 0.6 is 0 Å². The minimum absolute atomic E-state index is 0.434. The van der Waals surface area contributed by atoms with Crippen molar-refractivity contribution in [3.8, 4) is 11.4 Å². The van der Waals surface area contributed by atoms with E-state index in [4.69, 9.17) is 0 Å². The number of hydrogen-bond acceptors (Lipinski definition) is 4. The number of aromatic amines is 1. The molecule has 3 aromatic rings. The third kappa shape index (κ3) is 2.56. The van der Waals surface area contributed by atoms with Crippen molar-refractivity contribution in [1.29, 1.82) is 0 Å². The van der Waals surface area contributed by atoms with Crippen LogP contribution in [0.4, 0.5) is 8.78 Å². The molecule has 0 bridgehead atoms. The van der Waals surface area contributed by atoms with Crippen LogP contribution in [0.15, 0.2) is 48.5 Å². The molecule has 0 fully saturated rings. The summed E-state index contributed by atoms with van der Waals surface area (Å²) in [5.74, 6) is 0.488. The number of rotatable bonds is 4. The lowest BCUT2D eigenvalue weighted by molar-refractivity contribution is 0.0216. The third-order valence-electron chi connectivity index (χ3n) is 4.37. The van der Waals surface area contributed by atoms with E-state index in [0.29, 0.717) is 24.5 Å². The first-order valence-electron chi connectivity index (χ1n) is 7.66. The highest BCUT2D eigenvalue weighted by atomic mass is 19.3. The van der Waals surface area contributed by atoms with Crippen molar-refractivity contribution in [2.24, 2.45) is 0 Å². The van der Waals surface area contributed by atoms with Crippen LogP contribution in [0.3, 0.4) is 0 Å². The van der Waals surface area contributed by atoms with Gasteiger partial charge in [0.05, 0.1) is 6.04 Å². The van der Waals surface area contributed by atoms with Gasteiger partial charge in [0.25, 0.3) is 6.43 Å². The maximum atomic E-state index is 13.8. The highest BCUT2D eigenvalue weighted by molar-refractivity contribution is 5.62.